The minimum Gasteiger partial charge on any atom is -0.294 e. The topological polar surface area (TPSA) is 30.0 Å². The van der Waals surface area contributed by atoms with Gasteiger partial charge in [0, 0.05) is 22.5 Å². The number of carbonyl (C=O) groups is 1. The second kappa shape index (κ2) is 3.09. The summed E-state index contributed by atoms with van der Waals surface area (Å²) in [7, 11) is 0. The van der Waals surface area contributed by atoms with Crippen molar-refractivity contribution in [2.24, 2.45) is 0 Å². The molecule has 0 aliphatic rings. The zero-order valence-corrected chi connectivity index (χ0v) is 8.45. The highest BCUT2D eigenvalue weighted by Crippen LogP contribution is 2.28. The van der Waals surface area contributed by atoms with Crippen molar-refractivity contribution < 1.29 is 4.79 Å². The smallest absolute Gasteiger partial charge is 0.161 e. The lowest BCUT2D eigenvalue weighted by atomic mass is 10.2. The Bertz CT molecular complexity index is 477. The van der Waals surface area contributed by atoms with Crippen molar-refractivity contribution in [3.63, 3.8) is 0 Å². The van der Waals surface area contributed by atoms with Crippen LogP contribution in [0.3, 0.4) is 0 Å². The highest BCUT2D eigenvalue weighted by Gasteiger charge is 2.06. The Morgan fingerprint density at radius 2 is 2.38 bits per heavy atom. The highest BCUT2D eigenvalue weighted by molar-refractivity contribution is 7.17. The number of hydrogen-bond donors (Lipinski definition) is 0. The molecule has 2 rings (SSSR count). The lowest BCUT2D eigenvalue weighted by Crippen LogP contribution is -1.91. The number of pyridine rings is 1. The Labute approximate surface area is 84.2 Å². The maximum atomic E-state index is 11.0. The second-order valence-electron chi connectivity index (χ2n) is 2.72. The number of Topliss-reactive ketones (excluding diaryl/α,β-unsaturated/α-hetero) is 1. The molecule has 0 aliphatic heterocycles. The van der Waals surface area contributed by atoms with Crippen LogP contribution in [0.15, 0.2) is 17.6 Å². The fraction of sp³-hybridized carbons (Fsp3) is 0.111. The van der Waals surface area contributed by atoms with Crippen molar-refractivity contribution in [3.8, 4) is 0 Å². The average Bonchev–Trinajstić information content (AvgIpc) is 2.47. The van der Waals surface area contributed by atoms with E-state index in [0.29, 0.717) is 10.6 Å². The van der Waals surface area contributed by atoms with Crippen LogP contribution in [0.5, 0.6) is 0 Å². The number of hydrogen-bond acceptors (Lipinski definition) is 3. The van der Waals surface area contributed by atoms with E-state index in [0.717, 1.165) is 10.2 Å². The van der Waals surface area contributed by atoms with Gasteiger partial charge in [0.1, 0.15) is 4.83 Å². The summed E-state index contributed by atoms with van der Waals surface area (Å²) in [6.07, 6.45) is 1.58. The lowest BCUT2D eigenvalue weighted by Gasteiger charge is -1.94. The van der Waals surface area contributed by atoms with Crippen LogP contribution in [0.1, 0.15) is 17.3 Å². The quantitative estimate of drug-likeness (QED) is 0.679. The fourth-order valence-corrected chi connectivity index (χ4v) is 2.17. The first-order valence-electron chi connectivity index (χ1n) is 3.72. The molecule has 0 fully saturated rings. The zero-order chi connectivity index (χ0) is 9.42. The van der Waals surface area contributed by atoms with Gasteiger partial charge in [-0.25, -0.2) is 4.98 Å². The van der Waals surface area contributed by atoms with Crippen LogP contribution in [0.4, 0.5) is 0 Å². The molecule has 0 radical (unpaired) electrons. The van der Waals surface area contributed by atoms with Crippen molar-refractivity contribution in [1.29, 1.82) is 0 Å². The van der Waals surface area contributed by atoms with Gasteiger partial charge in [0.2, 0.25) is 0 Å². The molecule has 66 valence electrons. The van der Waals surface area contributed by atoms with Crippen molar-refractivity contribution in [2.45, 2.75) is 6.92 Å². The maximum absolute atomic E-state index is 11.0. The number of carbonyl (C=O) groups excluding carboxylic acids is 1. The molecule has 0 unspecified atom stereocenters. The summed E-state index contributed by atoms with van der Waals surface area (Å²) in [5, 5.41) is 3.35. The molecule has 13 heavy (non-hydrogen) atoms. The highest BCUT2D eigenvalue weighted by atomic mass is 35.5. The minimum atomic E-state index is 0.0108. The number of ketones is 1. The van der Waals surface area contributed by atoms with E-state index in [1.807, 2.05) is 5.38 Å². The molecule has 2 aromatic heterocycles. The van der Waals surface area contributed by atoms with Gasteiger partial charge in [0.25, 0.3) is 0 Å². The van der Waals surface area contributed by atoms with Crippen LogP contribution in [0.2, 0.25) is 5.02 Å². The molecule has 0 atom stereocenters. The number of fused-ring (bicyclic) bond motifs is 1. The molecule has 0 aromatic carbocycles. The number of aromatic nitrogens is 1. The van der Waals surface area contributed by atoms with E-state index >= 15 is 0 Å². The normalized spacial score (nSPS) is 10.6. The number of nitrogens with zero attached hydrogens (tertiary/aromatic N) is 1. The Morgan fingerprint density at radius 1 is 1.62 bits per heavy atom. The fourth-order valence-electron chi connectivity index (χ4n) is 1.08. The van der Waals surface area contributed by atoms with Gasteiger partial charge in [0.15, 0.2) is 5.78 Å². The van der Waals surface area contributed by atoms with Crippen LogP contribution in [-0.4, -0.2) is 10.8 Å². The second-order valence-corrected chi connectivity index (χ2v) is 3.98. The van der Waals surface area contributed by atoms with E-state index in [1.165, 1.54) is 18.3 Å². The minimum absolute atomic E-state index is 0.0108. The van der Waals surface area contributed by atoms with Crippen molar-refractivity contribution in [3.05, 3.63) is 28.2 Å². The van der Waals surface area contributed by atoms with Gasteiger partial charge in [0.05, 0.1) is 5.02 Å². The number of thiophene rings is 1. The largest absolute Gasteiger partial charge is 0.294 e. The van der Waals surface area contributed by atoms with Crippen LogP contribution in [0, 0.1) is 0 Å². The maximum Gasteiger partial charge on any atom is 0.161 e. The SMILES string of the molecule is CC(=O)c1cnc2scc(Cl)c2c1. The molecule has 4 heteroatoms. The van der Waals surface area contributed by atoms with Crippen molar-refractivity contribution >= 4 is 38.9 Å². The molecule has 0 amide bonds. The van der Waals surface area contributed by atoms with Gasteiger partial charge >= 0.3 is 0 Å². The van der Waals surface area contributed by atoms with E-state index in [1.54, 1.807) is 12.3 Å². The van der Waals surface area contributed by atoms with Crippen LogP contribution >= 0.6 is 22.9 Å². The molecule has 0 saturated heterocycles. The van der Waals surface area contributed by atoms with Gasteiger partial charge in [-0.05, 0) is 13.0 Å². The number of rotatable bonds is 1. The number of halogens is 1. The van der Waals surface area contributed by atoms with E-state index in [-0.39, 0.29) is 5.78 Å². The molecule has 0 saturated carbocycles. The van der Waals surface area contributed by atoms with Crippen LogP contribution < -0.4 is 0 Å². The molecule has 2 nitrogen and oxygen atoms in total. The van der Waals surface area contributed by atoms with E-state index in [4.69, 9.17) is 11.6 Å². The van der Waals surface area contributed by atoms with Crippen molar-refractivity contribution in [1.82, 2.24) is 4.98 Å². The summed E-state index contributed by atoms with van der Waals surface area (Å²) in [4.78, 5) is 16.0. The van der Waals surface area contributed by atoms with Crippen LogP contribution in [0.25, 0.3) is 10.2 Å². The third-order valence-corrected chi connectivity index (χ3v) is 3.13. The summed E-state index contributed by atoms with van der Waals surface area (Å²) in [6.45, 7) is 1.52. The van der Waals surface area contributed by atoms with Gasteiger partial charge in [-0.2, -0.15) is 0 Å². The molecule has 2 heterocycles. The molecular weight excluding hydrogens is 206 g/mol. The molecule has 0 aliphatic carbocycles. The summed E-state index contributed by atoms with van der Waals surface area (Å²) in [5.74, 6) is 0.0108. The molecule has 0 N–H and O–H groups in total. The first-order valence-corrected chi connectivity index (χ1v) is 4.98. The summed E-state index contributed by atoms with van der Waals surface area (Å²) < 4.78 is 0. The monoisotopic (exact) mass is 211 g/mol. The van der Waals surface area contributed by atoms with Crippen molar-refractivity contribution in [2.75, 3.05) is 0 Å². The zero-order valence-electron chi connectivity index (χ0n) is 6.87. The lowest BCUT2D eigenvalue weighted by molar-refractivity contribution is 0.101. The molecule has 2 aromatic rings. The van der Waals surface area contributed by atoms with E-state index < -0.39 is 0 Å². The molecule has 0 bridgehead atoms. The van der Waals surface area contributed by atoms with Gasteiger partial charge < -0.3 is 0 Å². The molecular formula is C9H6ClNOS. The average molecular weight is 212 g/mol. The van der Waals surface area contributed by atoms with E-state index in [9.17, 15) is 4.79 Å². The Balaban J connectivity index is 2.72. The van der Waals surface area contributed by atoms with Crippen LogP contribution in [-0.2, 0) is 0 Å². The van der Waals surface area contributed by atoms with Gasteiger partial charge in [-0.3, -0.25) is 4.79 Å². The van der Waals surface area contributed by atoms with E-state index in [2.05, 4.69) is 4.98 Å². The molecule has 0 spiro atoms. The first-order chi connectivity index (χ1) is 6.18. The third-order valence-electron chi connectivity index (χ3n) is 1.79. The Hall–Kier alpha value is -0.930. The van der Waals surface area contributed by atoms with Gasteiger partial charge in [-0.15, -0.1) is 11.3 Å². The third kappa shape index (κ3) is 1.45. The predicted molar refractivity (Wildman–Crippen MR) is 54.6 cm³/mol. The Kier molecular flexibility index (Phi) is 2.06. The Morgan fingerprint density at radius 3 is 3.08 bits per heavy atom. The standard InChI is InChI=1S/C9H6ClNOS/c1-5(12)6-2-7-8(10)4-13-9(7)11-3-6/h2-4H,1H3. The van der Waals surface area contributed by atoms with Gasteiger partial charge in [-0.1, -0.05) is 11.6 Å². The summed E-state index contributed by atoms with van der Waals surface area (Å²) in [6, 6.07) is 1.78. The summed E-state index contributed by atoms with van der Waals surface area (Å²) >= 11 is 7.39. The summed E-state index contributed by atoms with van der Waals surface area (Å²) in [5.41, 5.74) is 0.604. The predicted octanol–water partition coefficient (Wildman–Crippen LogP) is 3.15. The first kappa shape index (κ1) is 8.66.